The van der Waals surface area contributed by atoms with Gasteiger partial charge in [0.25, 0.3) is 0 Å². The smallest absolute Gasteiger partial charge is 0.354 e. The van der Waals surface area contributed by atoms with Crippen LogP contribution in [0.3, 0.4) is 0 Å². The van der Waals surface area contributed by atoms with Gasteiger partial charge < -0.3 is 4.98 Å². The van der Waals surface area contributed by atoms with Gasteiger partial charge in [-0.2, -0.15) is 13.2 Å². The molecule has 3 nitrogen and oxygen atoms in total. The quantitative estimate of drug-likeness (QED) is 0.528. The number of halogens is 3. The summed E-state index contributed by atoms with van der Waals surface area (Å²) in [5.74, 6) is 0. The van der Waals surface area contributed by atoms with Crippen LogP contribution >= 0.6 is 0 Å². The lowest BCUT2D eigenvalue weighted by Crippen LogP contribution is -2.08. The molecule has 0 amide bonds. The molecule has 0 aliphatic heterocycles. The Hall–Kier alpha value is -2.89. The second-order valence-electron chi connectivity index (χ2n) is 5.66. The number of nitrogens with one attached hydrogen (secondary N) is 1. The molecule has 0 unspecified atom stereocenters. The fourth-order valence-corrected chi connectivity index (χ4v) is 2.90. The molecule has 4 aromatic rings. The highest BCUT2D eigenvalue weighted by atomic mass is 19.4. The highest BCUT2D eigenvalue weighted by Crippen LogP contribution is 2.35. The number of aromatic nitrogens is 3. The van der Waals surface area contributed by atoms with Crippen molar-refractivity contribution in [3.8, 4) is 11.1 Å². The van der Waals surface area contributed by atoms with Gasteiger partial charge in [-0.15, -0.1) is 0 Å². The molecule has 0 saturated carbocycles. The van der Waals surface area contributed by atoms with Crippen molar-refractivity contribution in [2.45, 2.75) is 13.1 Å². The van der Waals surface area contributed by atoms with Crippen molar-refractivity contribution in [2.75, 3.05) is 0 Å². The van der Waals surface area contributed by atoms with E-state index in [-0.39, 0.29) is 5.69 Å². The normalized spacial score (nSPS) is 12.2. The monoisotopic (exact) mass is 327 g/mol. The van der Waals surface area contributed by atoms with Gasteiger partial charge in [-0.1, -0.05) is 12.1 Å². The highest BCUT2D eigenvalue weighted by molar-refractivity contribution is 6.07. The lowest BCUT2D eigenvalue weighted by molar-refractivity contribution is -0.138. The van der Waals surface area contributed by atoms with Gasteiger partial charge in [0.1, 0.15) is 0 Å². The second kappa shape index (κ2) is 5.06. The molecule has 0 atom stereocenters. The van der Waals surface area contributed by atoms with Gasteiger partial charge in [-0.25, -0.2) is 0 Å². The number of pyridine rings is 2. The van der Waals surface area contributed by atoms with Gasteiger partial charge in [0, 0.05) is 51.7 Å². The van der Waals surface area contributed by atoms with Crippen LogP contribution in [0.2, 0.25) is 0 Å². The van der Waals surface area contributed by atoms with Crippen LogP contribution < -0.4 is 0 Å². The van der Waals surface area contributed by atoms with E-state index < -0.39 is 11.7 Å². The number of rotatable bonds is 1. The minimum atomic E-state index is -4.41. The number of fused-ring (bicyclic) bond motifs is 3. The van der Waals surface area contributed by atoms with E-state index in [4.69, 9.17) is 0 Å². The second-order valence-corrected chi connectivity index (χ2v) is 5.66. The summed E-state index contributed by atoms with van der Waals surface area (Å²) < 4.78 is 39.3. The third-order valence-corrected chi connectivity index (χ3v) is 4.13. The summed E-state index contributed by atoms with van der Waals surface area (Å²) in [6.45, 7) is 1.36. The molecule has 120 valence electrons. The number of aromatic amines is 1. The molecule has 0 fully saturated rings. The minimum absolute atomic E-state index is 0.0241. The standard InChI is InChI=1S/C18H12F3N3/c1-10-15(18(19,20)21)6-12(8-23-10)11-2-3-13-14-9-22-5-4-16(14)24-17(13)7-11/h2-9,24H,1H3. The van der Waals surface area contributed by atoms with Crippen LogP contribution in [0.15, 0.2) is 48.9 Å². The maximum Gasteiger partial charge on any atom is 0.418 e. The maximum absolute atomic E-state index is 13.1. The number of hydrogen-bond acceptors (Lipinski definition) is 2. The van der Waals surface area contributed by atoms with Gasteiger partial charge in [-0.3, -0.25) is 9.97 Å². The van der Waals surface area contributed by atoms with Crippen molar-refractivity contribution in [2.24, 2.45) is 0 Å². The molecule has 3 aromatic heterocycles. The molecule has 1 N–H and O–H groups in total. The predicted octanol–water partition coefficient (Wildman–Crippen LogP) is 5.11. The molecule has 0 aliphatic rings. The van der Waals surface area contributed by atoms with Crippen molar-refractivity contribution in [3.05, 3.63) is 60.2 Å². The van der Waals surface area contributed by atoms with Crippen molar-refractivity contribution in [3.63, 3.8) is 0 Å². The van der Waals surface area contributed by atoms with Gasteiger partial charge in [-0.05, 0) is 30.7 Å². The van der Waals surface area contributed by atoms with Gasteiger partial charge in [0.2, 0.25) is 0 Å². The molecule has 0 radical (unpaired) electrons. The summed E-state index contributed by atoms with van der Waals surface area (Å²) in [6.07, 6.45) is 0.515. The fraction of sp³-hybridized carbons (Fsp3) is 0.111. The first-order valence-electron chi connectivity index (χ1n) is 7.33. The van der Waals surface area contributed by atoms with Crippen LogP contribution in [0.25, 0.3) is 32.9 Å². The summed E-state index contributed by atoms with van der Waals surface area (Å²) in [5.41, 5.74) is 2.18. The minimum Gasteiger partial charge on any atom is -0.354 e. The van der Waals surface area contributed by atoms with Gasteiger partial charge in [0.05, 0.1) is 5.56 Å². The van der Waals surface area contributed by atoms with Crippen molar-refractivity contribution in [1.82, 2.24) is 15.0 Å². The fourth-order valence-electron chi connectivity index (χ4n) is 2.90. The van der Waals surface area contributed by atoms with E-state index in [2.05, 4.69) is 15.0 Å². The zero-order chi connectivity index (χ0) is 16.9. The lowest BCUT2D eigenvalue weighted by atomic mass is 10.0. The number of nitrogens with zero attached hydrogens (tertiary/aromatic N) is 2. The molecule has 0 spiro atoms. The molecule has 1 aromatic carbocycles. The third-order valence-electron chi connectivity index (χ3n) is 4.13. The van der Waals surface area contributed by atoms with Gasteiger partial charge >= 0.3 is 6.18 Å². The van der Waals surface area contributed by atoms with Crippen LogP contribution in [-0.4, -0.2) is 15.0 Å². The van der Waals surface area contributed by atoms with Crippen LogP contribution in [0.4, 0.5) is 13.2 Å². The average molecular weight is 327 g/mol. The van der Waals surface area contributed by atoms with E-state index in [0.29, 0.717) is 11.1 Å². The molecule has 0 aliphatic carbocycles. The largest absolute Gasteiger partial charge is 0.418 e. The molecular formula is C18H12F3N3. The Morgan fingerprint density at radius 3 is 2.54 bits per heavy atom. The highest BCUT2D eigenvalue weighted by Gasteiger charge is 2.33. The molecular weight excluding hydrogens is 315 g/mol. The van der Waals surface area contributed by atoms with Crippen LogP contribution in [0.1, 0.15) is 11.3 Å². The molecule has 0 saturated heterocycles. The zero-order valence-corrected chi connectivity index (χ0v) is 12.6. The van der Waals surface area contributed by atoms with E-state index in [1.165, 1.54) is 13.1 Å². The van der Waals surface area contributed by atoms with E-state index in [9.17, 15) is 13.2 Å². The van der Waals surface area contributed by atoms with Crippen molar-refractivity contribution < 1.29 is 13.2 Å². The van der Waals surface area contributed by atoms with Crippen molar-refractivity contribution in [1.29, 1.82) is 0 Å². The Balaban J connectivity index is 1.89. The zero-order valence-electron chi connectivity index (χ0n) is 12.6. The first kappa shape index (κ1) is 14.7. The number of benzene rings is 1. The van der Waals surface area contributed by atoms with Crippen LogP contribution in [-0.2, 0) is 6.18 Å². The number of alkyl halides is 3. The molecule has 24 heavy (non-hydrogen) atoms. The predicted molar refractivity (Wildman–Crippen MR) is 86.6 cm³/mol. The van der Waals surface area contributed by atoms with Crippen molar-refractivity contribution >= 4 is 21.8 Å². The molecule has 3 heterocycles. The summed E-state index contributed by atoms with van der Waals surface area (Å²) in [7, 11) is 0. The lowest BCUT2D eigenvalue weighted by Gasteiger charge is -2.11. The maximum atomic E-state index is 13.1. The Morgan fingerprint density at radius 1 is 0.917 bits per heavy atom. The Kier molecular flexibility index (Phi) is 3.09. The van der Waals surface area contributed by atoms with E-state index in [0.717, 1.165) is 27.9 Å². The summed E-state index contributed by atoms with van der Waals surface area (Å²) in [4.78, 5) is 11.3. The van der Waals surface area contributed by atoms with Crippen LogP contribution in [0.5, 0.6) is 0 Å². The topological polar surface area (TPSA) is 41.6 Å². The molecule has 6 heteroatoms. The number of hydrogen-bond donors (Lipinski definition) is 1. The first-order chi connectivity index (χ1) is 11.4. The van der Waals surface area contributed by atoms with Crippen LogP contribution in [0, 0.1) is 6.92 Å². The Bertz CT molecular complexity index is 1060. The number of H-pyrrole nitrogens is 1. The number of aryl methyl sites for hydroxylation is 1. The Morgan fingerprint density at radius 2 is 1.75 bits per heavy atom. The molecule has 0 bridgehead atoms. The first-order valence-corrected chi connectivity index (χ1v) is 7.33. The SMILES string of the molecule is Cc1ncc(-c2ccc3c(c2)[nH]c2ccncc23)cc1C(F)(F)F. The van der Waals surface area contributed by atoms with Gasteiger partial charge in [0.15, 0.2) is 0 Å². The van der Waals surface area contributed by atoms with E-state index in [1.54, 1.807) is 18.5 Å². The summed E-state index contributed by atoms with van der Waals surface area (Å²) in [5, 5.41) is 1.97. The summed E-state index contributed by atoms with van der Waals surface area (Å²) in [6, 6.07) is 8.53. The average Bonchev–Trinajstić information content (AvgIpc) is 2.92. The van der Waals surface area contributed by atoms with E-state index in [1.807, 2.05) is 18.2 Å². The van der Waals surface area contributed by atoms with E-state index >= 15 is 0 Å². The third kappa shape index (κ3) is 2.31. The molecule has 4 rings (SSSR count). The Labute approximate surface area is 135 Å². The summed E-state index contributed by atoms with van der Waals surface area (Å²) >= 11 is 0.